The molecule has 8 heteroatoms. The minimum Gasteiger partial charge on any atom is -0.347 e. The van der Waals surface area contributed by atoms with E-state index in [9.17, 15) is 18.4 Å². The molecule has 1 amide bonds. The molecular weight excluding hydrogens is 390 g/mol. The van der Waals surface area contributed by atoms with E-state index >= 15 is 0 Å². The van der Waals surface area contributed by atoms with Gasteiger partial charge in [-0.2, -0.15) is 5.26 Å². The number of H-pyrrole nitrogens is 1. The Morgan fingerprint density at radius 3 is 2.73 bits per heavy atom. The number of halogens is 2. The first-order valence-electron chi connectivity index (χ1n) is 9.46. The van der Waals surface area contributed by atoms with Crippen LogP contribution < -0.4 is 10.9 Å². The van der Waals surface area contributed by atoms with E-state index in [2.05, 4.69) is 15.3 Å². The molecular formula is C22H18F2N4O2. The number of aromatic amines is 1. The summed E-state index contributed by atoms with van der Waals surface area (Å²) in [7, 11) is 0. The van der Waals surface area contributed by atoms with Gasteiger partial charge in [-0.25, -0.2) is 8.78 Å². The van der Waals surface area contributed by atoms with Gasteiger partial charge in [-0.15, -0.1) is 0 Å². The molecule has 1 fully saturated rings. The fraction of sp³-hybridized carbons (Fsp3) is 0.273. The second kappa shape index (κ2) is 7.02. The summed E-state index contributed by atoms with van der Waals surface area (Å²) < 4.78 is 28.2. The third kappa shape index (κ3) is 3.03. The molecule has 0 saturated heterocycles. The highest BCUT2D eigenvalue weighted by Gasteiger charge is 2.54. The molecule has 1 atom stereocenters. The summed E-state index contributed by atoms with van der Waals surface area (Å²) >= 11 is 0. The average Bonchev–Trinajstić information content (AvgIpc) is 3.52. The van der Waals surface area contributed by atoms with E-state index in [1.54, 1.807) is 19.1 Å². The lowest BCUT2D eigenvalue weighted by molar-refractivity contribution is -0.124. The summed E-state index contributed by atoms with van der Waals surface area (Å²) in [6.45, 7) is 3.26. The van der Waals surface area contributed by atoms with E-state index in [0.29, 0.717) is 24.1 Å². The molecule has 0 aliphatic heterocycles. The van der Waals surface area contributed by atoms with E-state index in [4.69, 9.17) is 5.26 Å². The van der Waals surface area contributed by atoms with Crippen molar-refractivity contribution >= 4 is 16.8 Å². The predicted octanol–water partition coefficient (Wildman–Crippen LogP) is 3.29. The highest BCUT2D eigenvalue weighted by Crippen LogP contribution is 2.49. The molecule has 1 aromatic carbocycles. The second-order valence-corrected chi connectivity index (χ2v) is 7.60. The van der Waals surface area contributed by atoms with Crippen molar-refractivity contribution in [2.75, 3.05) is 0 Å². The minimum atomic E-state index is -1.11. The van der Waals surface area contributed by atoms with Crippen molar-refractivity contribution in [3.8, 4) is 6.07 Å². The highest BCUT2D eigenvalue weighted by molar-refractivity contribution is 5.94. The van der Waals surface area contributed by atoms with E-state index in [1.165, 1.54) is 19.2 Å². The number of pyridine rings is 2. The molecule has 6 nitrogen and oxygen atoms in total. The van der Waals surface area contributed by atoms with Crippen molar-refractivity contribution in [2.45, 2.75) is 38.1 Å². The van der Waals surface area contributed by atoms with Gasteiger partial charge in [-0.1, -0.05) is 0 Å². The predicted molar refractivity (Wildman–Crippen MR) is 106 cm³/mol. The monoisotopic (exact) mass is 408 g/mol. The molecule has 2 heterocycles. The fourth-order valence-corrected chi connectivity index (χ4v) is 3.96. The Bertz CT molecular complexity index is 1290. The molecule has 2 aromatic heterocycles. The molecule has 0 radical (unpaired) electrons. The quantitative estimate of drug-likeness (QED) is 0.692. The molecule has 1 saturated carbocycles. The summed E-state index contributed by atoms with van der Waals surface area (Å²) in [5, 5.41) is 11.9. The fourth-order valence-electron chi connectivity index (χ4n) is 3.96. The number of nitrogens with one attached hydrogen (secondary N) is 2. The number of amides is 1. The number of aromatic nitrogens is 2. The second-order valence-electron chi connectivity index (χ2n) is 7.60. The van der Waals surface area contributed by atoms with Crippen LogP contribution in [0, 0.1) is 29.9 Å². The van der Waals surface area contributed by atoms with Crippen LogP contribution in [0.3, 0.4) is 0 Å². The van der Waals surface area contributed by atoms with Gasteiger partial charge in [0.1, 0.15) is 0 Å². The molecule has 0 unspecified atom stereocenters. The molecule has 4 rings (SSSR count). The lowest BCUT2D eigenvalue weighted by Crippen LogP contribution is -2.40. The molecule has 0 bridgehead atoms. The molecule has 152 valence electrons. The van der Waals surface area contributed by atoms with Crippen LogP contribution in [-0.2, 0) is 10.2 Å². The minimum absolute atomic E-state index is 0.0277. The Morgan fingerprint density at radius 2 is 2.07 bits per heavy atom. The average molecular weight is 408 g/mol. The third-order valence-electron chi connectivity index (χ3n) is 5.68. The maximum atomic E-state index is 14.5. The van der Waals surface area contributed by atoms with E-state index in [-0.39, 0.29) is 27.9 Å². The summed E-state index contributed by atoms with van der Waals surface area (Å²) in [4.78, 5) is 32.7. The number of hydrogen-bond donors (Lipinski definition) is 2. The summed E-state index contributed by atoms with van der Waals surface area (Å²) in [6.07, 6.45) is 2.33. The maximum absolute atomic E-state index is 14.5. The first-order valence-corrected chi connectivity index (χ1v) is 9.46. The molecule has 0 spiro atoms. The number of hydrogen-bond acceptors (Lipinski definition) is 4. The number of carbonyl (C=O) groups excluding carboxylic acids is 1. The van der Waals surface area contributed by atoms with E-state index < -0.39 is 28.7 Å². The zero-order valence-electron chi connectivity index (χ0n) is 16.3. The van der Waals surface area contributed by atoms with Gasteiger partial charge in [0.25, 0.3) is 5.56 Å². The molecule has 30 heavy (non-hydrogen) atoms. The van der Waals surface area contributed by atoms with Crippen molar-refractivity contribution < 1.29 is 13.6 Å². The van der Waals surface area contributed by atoms with Crippen molar-refractivity contribution in [1.82, 2.24) is 15.3 Å². The van der Waals surface area contributed by atoms with E-state index in [1.807, 2.05) is 6.07 Å². The topological polar surface area (TPSA) is 98.6 Å². The Morgan fingerprint density at radius 1 is 1.33 bits per heavy atom. The number of benzene rings is 1. The van der Waals surface area contributed by atoms with Gasteiger partial charge in [0.2, 0.25) is 5.91 Å². The van der Waals surface area contributed by atoms with Gasteiger partial charge in [-0.05, 0) is 56.5 Å². The first kappa shape index (κ1) is 19.7. The Kier molecular flexibility index (Phi) is 4.61. The Balaban J connectivity index is 1.73. The summed E-state index contributed by atoms with van der Waals surface area (Å²) in [5.41, 5.74) is -0.0696. The highest BCUT2D eigenvalue weighted by atomic mass is 19.2. The number of fused-ring (bicyclic) bond motifs is 1. The first-order chi connectivity index (χ1) is 14.3. The zero-order chi connectivity index (χ0) is 21.6. The van der Waals surface area contributed by atoms with Gasteiger partial charge in [0.05, 0.1) is 34.3 Å². The van der Waals surface area contributed by atoms with Crippen molar-refractivity contribution in [3.05, 3.63) is 74.8 Å². The van der Waals surface area contributed by atoms with Crippen LogP contribution in [-0.4, -0.2) is 15.9 Å². The van der Waals surface area contributed by atoms with Crippen molar-refractivity contribution in [2.24, 2.45) is 0 Å². The van der Waals surface area contributed by atoms with Gasteiger partial charge in [0.15, 0.2) is 11.6 Å². The van der Waals surface area contributed by atoms with E-state index in [0.717, 1.165) is 6.07 Å². The van der Waals surface area contributed by atoms with Gasteiger partial charge in [0, 0.05) is 17.1 Å². The molecule has 1 aliphatic carbocycles. The van der Waals surface area contributed by atoms with Crippen LogP contribution in [0.25, 0.3) is 10.9 Å². The zero-order valence-corrected chi connectivity index (χ0v) is 16.3. The van der Waals surface area contributed by atoms with Crippen LogP contribution in [0.1, 0.15) is 48.2 Å². The SMILES string of the molecule is Cc1c(C2(C(=O)N[C@@H](C)c3cc(C#N)ccn3)CC2)c(=O)[nH]c2ccc(F)c(F)c12. The van der Waals surface area contributed by atoms with Crippen LogP contribution in [0.15, 0.2) is 35.3 Å². The molecule has 2 N–H and O–H groups in total. The number of aryl methyl sites for hydroxylation is 1. The lowest BCUT2D eigenvalue weighted by atomic mass is 9.89. The van der Waals surface area contributed by atoms with Gasteiger partial charge >= 0.3 is 0 Å². The number of rotatable bonds is 4. The Hall–Kier alpha value is -3.60. The maximum Gasteiger partial charge on any atom is 0.252 e. The summed E-state index contributed by atoms with van der Waals surface area (Å²) in [6, 6.07) is 6.92. The van der Waals surface area contributed by atoms with Crippen molar-refractivity contribution in [3.63, 3.8) is 0 Å². The van der Waals surface area contributed by atoms with Gasteiger partial charge in [-0.3, -0.25) is 14.6 Å². The van der Waals surface area contributed by atoms with Gasteiger partial charge < -0.3 is 10.3 Å². The number of nitriles is 1. The molecule has 3 aromatic rings. The van der Waals surface area contributed by atoms with Crippen LogP contribution >= 0.6 is 0 Å². The Labute approximate surface area is 170 Å². The van der Waals surface area contributed by atoms with Crippen LogP contribution in [0.2, 0.25) is 0 Å². The third-order valence-corrected chi connectivity index (χ3v) is 5.68. The lowest BCUT2D eigenvalue weighted by Gasteiger charge is -2.21. The largest absolute Gasteiger partial charge is 0.347 e. The van der Waals surface area contributed by atoms with Crippen molar-refractivity contribution in [1.29, 1.82) is 5.26 Å². The summed E-state index contributed by atoms with van der Waals surface area (Å²) in [5.74, 6) is -2.46. The normalized spacial score (nSPS) is 15.4. The van der Waals surface area contributed by atoms with Crippen LogP contribution in [0.4, 0.5) is 8.78 Å². The standard InChI is InChI=1S/C22H18F2N4O2/c1-11-17-15(4-3-14(23)19(17)24)28-20(29)18(11)22(6-7-22)21(30)27-12(2)16-9-13(10-25)5-8-26-16/h3-5,8-9,12H,6-7H2,1-2H3,(H,27,30)(H,28,29)/t12-/m0/s1. The smallest absolute Gasteiger partial charge is 0.252 e. The molecule has 1 aliphatic rings. The number of nitrogens with zero attached hydrogens (tertiary/aromatic N) is 2. The van der Waals surface area contributed by atoms with Crippen LogP contribution in [0.5, 0.6) is 0 Å². The number of carbonyl (C=O) groups is 1.